The van der Waals surface area contributed by atoms with Crippen molar-refractivity contribution < 1.29 is 28.7 Å². The zero-order chi connectivity index (χ0) is 46.9. The van der Waals surface area contributed by atoms with Gasteiger partial charge >= 0.3 is 12.2 Å². The third-order valence-corrected chi connectivity index (χ3v) is 14.0. The van der Waals surface area contributed by atoms with Crippen LogP contribution in [0.3, 0.4) is 0 Å². The number of aromatic nitrogens is 4. The molecule has 0 radical (unpaired) electrons. The summed E-state index contributed by atoms with van der Waals surface area (Å²) in [6.07, 6.45) is 3.77. The van der Waals surface area contributed by atoms with E-state index in [2.05, 4.69) is 110 Å². The summed E-state index contributed by atoms with van der Waals surface area (Å²) in [5.74, 6) is 0.953. The molecule has 0 bridgehead atoms. The molecule has 3 fully saturated rings. The monoisotopic (exact) mass is 907 g/mol. The van der Waals surface area contributed by atoms with Crippen molar-refractivity contribution in [2.24, 2.45) is 11.8 Å². The lowest BCUT2D eigenvalue weighted by molar-refractivity contribution is -0.136. The number of nitrogens with zero attached hydrogens (tertiary/aromatic N) is 5. The van der Waals surface area contributed by atoms with Crippen LogP contribution in [-0.2, 0) is 19.1 Å². The highest BCUT2D eigenvalue weighted by molar-refractivity contribution is 5.88. The Morgan fingerprint density at radius 3 is 1.46 bits per heavy atom. The molecule has 5 heterocycles. The number of ether oxygens (including phenoxy) is 2. The Kier molecular flexibility index (Phi) is 12.9. The maximum Gasteiger partial charge on any atom is 0.407 e. The average molecular weight is 908 g/mol. The molecule has 350 valence electrons. The Bertz CT molecular complexity index is 2600. The van der Waals surface area contributed by atoms with Gasteiger partial charge in [-0.1, -0.05) is 82.3 Å². The highest BCUT2D eigenvalue weighted by atomic mass is 16.5. The molecule has 9 rings (SSSR count). The Labute approximate surface area is 391 Å². The molecule has 3 saturated heterocycles. The predicted octanol–water partition coefficient (Wildman–Crippen LogP) is 9.28. The van der Waals surface area contributed by atoms with Gasteiger partial charge in [-0.2, -0.15) is 0 Å². The molecule has 4 N–H and O–H groups in total. The lowest BCUT2D eigenvalue weighted by atomic mass is 10.0. The first-order valence-corrected chi connectivity index (χ1v) is 23.6. The van der Waals surface area contributed by atoms with Crippen LogP contribution in [0, 0.1) is 11.8 Å². The number of aromatic amines is 2. The number of fused-ring (bicyclic) bond motifs is 2. The molecule has 0 spiro atoms. The lowest BCUT2D eigenvalue weighted by Crippen LogP contribution is -2.51. The van der Waals surface area contributed by atoms with Crippen LogP contribution in [0.2, 0.25) is 0 Å². The van der Waals surface area contributed by atoms with Gasteiger partial charge in [-0.3, -0.25) is 9.59 Å². The number of rotatable bonds is 12. The number of benzene rings is 4. The summed E-state index contributed by atoms with van der Waals surface area (Å²) in [7, 11) is 2.60. The normalized spacial score (nSPS) is 20.5. The minimum atomic E-state index is -0.711. The average Bonchev–Trinajstić information content (AvgIpc) is 4.20. The first kappa shape index (κ1) is 45.3. The van der Waals surface area contributed by atoms with Gasteiger partial charge in [0.2, 0.25) is 11.8 Å². The van der Waals surface area contributed by atoms with Gasteiger partial charge in [-0.05, 0) is 109 Å². The van der Waals surface area contributed by atoms with E-state index < -0.39 is 24.3 Å². The summed E-state index contributed by atoms with van der Waals surface area (Å²) < 4.78 is 9.67. The fourth-order valence-electron chi connectivity index (χ4n) is 10.5. The van der Waals surface area contributed by atoms with Gasteiger partial charge in [0.05, 0.1) is 60.5 Å². The van der Waals surface area contributed by atoms with Crippen molar-refractivity contribution in [2.45, 2.75) is 102 Å². The fourth-order valence-corrected chi connectivity index (χ4v) is 10.5. The number of methoxy groups -OCH3 is 2. The van der Waals surface area contributed by atoms with Crippen LogP contribution in [-0.4, -0.2) is 93.1 Å². The summed E-state index contributed by atoms with van der Waals surface area (Å²) in [6.45, 7) is 8.83. The molecular weight excluding hydrogens is 847 g/mol. The van der Waals surface area contributed by atoms with E-state index in [9.17, 15) is 19.2 Å². The largest absolute Gasteiger partial charge is 0.453 e. The number of carbonyl (C=O) groups excluding carboxylic acids is 4. The quantitative estimate of drug-likeness (QED) is 0.0932. The van der Waals surface area contributed by atoms with E-state index in [-0.39, 0.29) is 47.8 Å². The van der Waals surface area contributed by atoms with Crippen LogP contribution in [0.1, 0.15) is 113 Å². The molecule has 6 aromatic rings. The SMILES string of the molecule is COC(=O)NC(C(=O)N1CCC[C@H]1c1nc2cc([C@H]3CC[C@H](c4ccc5[nH]c([C@@H]6CCCN6C(=O)[C@@H](NC(=O)OC)C(C)C)nc5c4)N3c3ccc(-c4ccccc4)cc3)ccc2[nH]1)C(C)C. The topological polar surface area (TPSA) is 178 Å². The molecule has 2 aromatic heterocycles. The van der Waals surface area contributed by atoms with E-state index >= 15 is 0 Å². The summed E-state index contributed by atoms with van der Waals surface area (Å²) in [5.41, 5.74) is 9.21. The zero-order valence-electron chi connectivity index (χ0n) is 39.1. The Hall–Kier alpha value is -6.90. The Balaban J connectivity index is 1.02. The molecule has 6 atom stereocenters. The molecule has 15 heteroatoms. The van der Waals surface area contributed by atoms with Gasteiger partial charge in [0.25, 0.3) is 0 Å². The number of nitrogens with one attached hydrogen (secondary N) is 4. The summed E-state index contributed by atoms with van der Waals surface area (Å²) in [6, 6.07) is 30.4. The van der Waals surface area contributed by atoms with E-state index in [0.717, 1.165) is 100 Å². The highest BCUT2D eigenvalue weighted by Gasteiger charge is 2.40. The standard InChI is InChI=1S/C52H61N9O6/c1-30(2)45(57-51(64)66-5)49(62)59-26-10-14-43(59)47-53-37-22-18-34(28-39(37)55-47)41-24-25-42(61(41)36-20-16-33(17-21-36)32-12-8-7-9-13-32)35-19-23-38-40(29-35)56-48(54-38)44-15-11-27-60(44)50(63)46(31(3)4)58-52(65)67-6/h7-9,12-13,16-23,28-31,41-46H,10-11,14-15,24-27H2,1-6H3,(H,53,55)(H,54,56)(H,57,64)(H,58,65)/t41-,42-,43+,44+,45+,46?/m1/s1. The van der Waals surface area contributed by atoms with Crippen LogP contribution in [0.4, 0.5) is 15.3 Å². The van der Waals surface area contributed by atoms with Gasteiger partial charge in [-0.25, -0.2) is 19.6 Å². The van der Waals surface area contributed by atoms with E-state index in [1.54, 1.807) is 0 Å². The molecule has 3 aliphatic heterocycles. The molecule has 0 aliphatic carbocycles. The number of alkyl carbamates (subject to hydrolysis) is 2. The first-order valence-electron chi connectivity index (χ1n) is 23.6. The molecule has 15 nitrogen and oxygen atoms in total. The van der Waals surface area contributed by atoms with Crippen LogP contribution in [0.25, 0.3) is 33.2 Å². The van der Waals surface area contributed by atoms with Crippen molar-refractivity contribution in [1.29, 1.82) is 0 Å². The van der Waals surface area contributed by atoms with E-state index in [1.165, 1.54) is 14.2 Å². The Morgan fingerprint density at radius 2 is 1.03 bits per heavy atom. The van der Waals surface area contributed by atoms with E-state index in [1.807, 2.05) is 43.6 Å². The second kappa shape index (κ2) is 19.1. The van der Waals surface area contributed by atoms with Crippen LogP contribution in [0.5, 0.6) is 0 Å². The van der Waals surface area contributed by atoms with Gasteiger partial charge in [-0.15, -0.1) is 0 Å². The van der Waals surface area contributed by atoms with Crippen LogP contribution < -0.4 is 15.5 Å². The van der Waals surface area contributed by atoms with Crippen molar-refractivity contribution in [2.75, 3.05) is 32.2 Å². The van der Waals surface area contributed by atoms with Crippen molar-refractivity contribution in [3.05, 3.63) is 114 Å². The minimum absolute atomic E-state index is 0.0360. The second-order valence-electron chi connectivity index (χ2n) is 18.8. The van der Waals surface area contributed by atoms with Gasteiger partial charge in [0.1, 0.15) is 23.7 Å². The third kappa shape index (κ3) is 9.03. The molecule has 4 aromatic carbocycles. The highest BCUT2D eigenvalue weighted by Crippen LogP contribution is 2.48. The first-order chi connectivity index (χ1) is 32.4. The smallest absolute Gasteiger partial charge is 0.407 e. The maximum absolute atomic E-state index is 13.9. The number of H-pyrrole nitrogens is 2. The number of hydrogen-bond donors (Lipinski definition) is 4. The fraction of sp³-hybridized carbons (Fsp3) is 0.423. The van der Waals surface area contributed by atoms with Crippen molar-refractivity contribution in [3.8, 4) is 11.1 Å². The van der Waals surface area contributed by atoms with Gasteiger partial charge in [0, 0.05) is 18.8 Å². The van der Waals surface area contributed by atoms with Crippen molar-refractivity contribution in [3.63, 3.8) is 0 Å². The Morgan fingerprint density at radius 1 is 0.582 bits per heavy atom. The molecular formula is C52H61N9O6. The molecule has 0 saturated carbocycles. The molecule has 1 unspecified atom stereocenters. The van der Waals surface area contributed by atoms with Crippen molar-refractivity contribution in [1.82, 2.24) is 40.4 Å². The summed E-state index contributed by atoms with van der Waals surface area (Å²) >= 11 is 0. The molecule has 67 heavy (non-hydrogen) atoms. The van der Waals surface area contributed by atoms with Crippen LogP contribution >= 0.6 is 0 Å². The third-order valence-electron chi connectivity index (χ3n) is 14.0. The number of carbonyl (C=O) groups is 4. The molecule has 3 aliphatic rings. The van der Waals surface area contributed by atoms with E-state index in [0.29, 0.717) is 13.1 Å². The van der Waals surface area contributed by atoms with Crippen LogP contribution in [0.15, 0.2) is 91.0 Å². The summed E-state index contributed by atoms with van der Waals surface area (Å²) in [4.78, 5) is 75.8. The maximum atomic E-state index is 13.9. The number of amides is 4. The van der Waals surface area contributed by atoms with E-state index in [4.69, 9.17) is 19.4 Å². The second-order valence-corrected chi connectivity index (χ2v) is 18.8. The number of imidazole rings is 2. The molecule has 4 amide bonds. The number of anilines is 1. The number of hydrogen-bond acceptors (Lipinski definition) is 9. The lowest BCUT2D eigenvalue weighted by Gasteiger charge is -2.33. The summed E-state index contributed by atoms with van der Waals surface area (Å²) in [5, 5.41) is 5.49. The number of likely N-dealkylation sites (tertiary alicyclic amines) is 2. The zero-order valence-corrected chi connectivity index (χ0v) is 39.1. The minimum Gasteiger partial charge on any atom is -0.453 e. The van der Waals surface area contributed by atoms with Gasteiger partial charge in [0.15, 0.2) is 0 Å². The van der Waals surface area contributed by atoms with Crippen molar-refractivity contribution >= 4 is 51.8 Å². The van der Waals surface area contributed by atoms with Gasteiger partial charge < -0.3 is 44.8 Å². The predicted molar refractivity (Wildman–Crippen MR) is 257 cm³/mol.